The third-order valence-electron chi connectivity index (χ3n) is 3.72. The van der Waals surface area contributed by atoms with E-state index in [1.165, 1.54) is 7.11 Å². The predicted octanol–water partition coefficient (Wildman–Crippen LogP) is 4.22. The van der Waals surface area contributed by atoms with Crippen LogP contribution in [0.4, 0.5) is 0 Å². The molecule has 1 rings (SSSR count). The number of esters is 1. The SMILES string of the molecule is CCCCCC(=O)c1c(C)[nH]c(CCCC)c1C(=O)OC. The van der Waals surface area contributed by atoms with Crippen molar-refractivity contribution in [1.82, 2.24) is 4.98 Å². The Hall–Kier alpha value is -1.58. The molecule has 0 bridgehead atoms. The van der Waals surface area contributed by atoms with Crippen LogP contribution in [0, 0.1) is 6.92 Å². The first-order valence-corrected chi connectivity index (χ1v) is 7.89. The second kappa shape index (κ2) is 8.65. The number of Topliss-reactive ketones (excluding diaryl/α,β-unsaturated/α-hetero) is 1. The summed E-state index contributed by atoms with van der Waals surface area (Å²) >= 11 is 0. The van der Waals surface area contributed by atoms with E-state index in [9.17, 15) is 9.59 Å². The van der Waals surface area contributed by atoms with Crippen molar-refractivity contribution < 1.29 is 14.3 Å². The molecule has 0 unspecified atom stereocenters. The molecule has 0 atom stereocenters. The summed E-state index contributed by atoms with van der Waals surface area (Å²) < 4.78 is 4.88. The van der Waals surface area contributed by atoms with E-state index in [0.717, 1.165) is 49.9 Å². The summed E-state index contributed by atoms with van der Waals surface area (Å²) in [5, 5.41) is 0. The number of hydrogen-bond donors (Lipinski definition) is 1. The number of carbonyl (C=O) groups is 2. The highest BCUT2D eigenvalue weighted by Crippen LogP contribution is 2.24. The Bertz CT molecular complexity index is 488. The number of aryl methyl sites for hydroxylation is 2. The van der Waals surface area contributed by atoms with Gasteiger partial charge < -0.3 is 9.72 Å². The van der Waals surface area contributed by atoms with Crippen LogP contribution >= 0.6 is 0 Å². The standard InChI is InChI=1S/C17H27NO3/c1-5-7-9-11-14(19)15-12(3)18-13(10-8-6-2)16(15)17(20)21-4/h18H,5-11H2,1-4H3. The monoisotopic (exact) mass is 293 g/mol. The Balaban J connectivity index is 3.08. The first-order valence-electron chi connectivity index (χ1n) is 7.89. The summed E-state index contributed by atoms with van der Waals surface area (Å²) in [6.45, 7) is 6.06. The van der Waals surface area contributed by atoms with Gasteiger partial charge in [-0.25, -0.2) is 4.79 Å². The van der Waals surface area contributed by atoms with E-state index in [4.69, 9.17) is 4.74 Å². The molecule has 0 amide bonds. The number of ketones is 1. The number of nitrogens with one attached hydrogen (secondary N) is 1. The van der Waals surface area contributed by atoms with Gasteiger partial charge in [0.25, 0.3) is 0 Å². The molecule has 1 heterocycles. The Kier molecular flexibility index (Phi) is 7.20. The minimum Gasteiger partial charge on any atom is -0.465 e. The van der Waals surface area contributed by atoms with Crippen molar-refractivity contribution >= 4 is 11.8 Å². The zero-order valence-corrected chi connectivity index (χ0v) is 13.7. The summed E-state index contributed by atoms with van der Waals surface area (Å²) in [7, 11) is 1.36. The summed E-state index contributed by atoms with van der Waals surface area (Å²) in [6, 6.07) is 0. The normalized spacial score (nSPS) is 10.7. The van der Waals surface area contributed by atoms with Crippen molar-refractivity contribution in [2.24, 2.45) is 0 Å². The molecule has 1 N–H and O–H groups in total. The van der Waals surface area contributed by atoms with Crippen LogP contribution in [0.25, 0.3) is 0 Å². The van der Waals surface area contributed by atoms with Gasteiger partial charge in [0, 0.05) is 17.8 Å². The molecule has 118 valence electrons. The zero-order valence-electron chi connectivity index (χ0n) is 13.7. The van der Waals surface area contributed by atoms with Crippen molar-refractivity contribution in [2.75, 3.05) is 7.11 Å². The number of ether oxygens (including phenoxy) is 1. The third kappa shape index (κ3) is 4.45. The van der Waals surface area contributed by atoms with Gasteiger partial charge >= 0.3 is 5.97 Å². The number of carbonyl (C=O) groups excluding carboxylic acids is 2. The van der Waals surface area contributed by atoms with Gasteiger partial charge in [0.2, 0.25) is 0 Å². The lowest BCUT2D eigenvalue weighted by Gasteiger charge is -2.05. The van der Waals surface area contributed by atoms with Gasteiger partial charge in [-0.1, -0.05) is 33.1 Å². The quantitative estimate of drug-likeness (QED) is 0.421. The Labute approximate surface area is 127 Å². The average molecular weight is 293 g/mol. The van der Waals surface area contributed by atoms with E-state index in [-0.39, 0.29) is 5.78 Å². The number of hydrogen-bond acceptors (Lipinski definition) is 3. The average Bonchev–Trinajstić information content (AvgIpc) is 2.81. The summed E-state index contributed by atoms with van der Waals surface area (Å²) in [5.74, 6) is -0.371. The first-order chi connectivity index (χ1) is 10.1. The molecule has 0 radical (unpaired) electrons. The maximum atomic E-state index is 12.4. The van der Waals surface area contributed by atoms with E-state index >= 15 is 0 Å². The number of H-pyrrole nitrogens is 1. The Morgan fingerprint density at radius 2 is 1.71 bits per heavy atom. The predicted molar refractivity (Wildman–Crippen MR) is 84.0 cm³/mol. The van der Waals surface area contributed by atoms with Crippen molar-refractivity contribution in [3.05, 3.63) is 22.5 Å². The molecule has 0 aliphatic rings. The first kappa shape index (κ1) is 17.5. The molecule has 1 aromatic rings. The highest BCUT2D eigenvalue weighted by atomic mass is 16.5. The van der Waals surface area contributed by atoms with Gasteiger partial charge in [-0.3, -0.25) is 4.79 Å². The molecule has 0 fully saturated rings. The highest BCUT2D eigenvalue weighted by Gasteiger charge is 2.25. The van der Waals surface area contributed by atoms with Crippen molar-refractivity contribution in [2.45, 2.75) is 65.7 Å². The lowest BCUT2D eigenvalue weighted by Crippen LogP contribution is -2.11. The minimum atomic E-state index is -0.413. The van der Waals surface area contributed by atoms with Crippen LogP contribution in [-0.2, 0) is 11.2 Å². The molecule has 0 aromatic carbocycles. The Morgan fingerprint density at radius 1 is 1.05 bits per heavy atom. The molecular weight excluding hydrogens is 266 g/mol. The fraction of sp³-hybridized carbons (Fsp3) is 0.647. The van der Waals surface area contributed by atoms with Crippen molar-refractivity contribution in [3.63, 3.8) is 0 Å². The van der Waals surface area contributed by atoms with E-state index in [0.29, 0.717) is 17.5 Å². The van der Waals surface area contributed by atoms with Gasteiger partial charge in [0.05, 0.1) is 18.2 Å². The van der Waals surface area contributed by atoms with Crippen LogP contribution in [-0.4, -0.2) is 23.8 Å². The largest absolute Gasteiger partial charge is 0.465 e. The van der Waals surface area contributed by atoms with Crippen LogP contribution in [0.3, 0.4) is 0 Å². The van der Waals surface area contributed by atoms with Gasteiger partial charge in [-0.05, 0) is 26.2 Å². The zero-order chi connectivity index (χ0) is 15.8. The molecule has 1 aromatic heterocycles. The topological polar surface area (TPSA) is 59.2 Å². The lowest BCUT2D eigenvalue weighted by molar-refractivity contribution is 0.0596. The number of rotatable bonds is 9. The number of methoxy groups -OCH3 is 1. The fourth-order valence-electron chi connectivity index (χ4n) is 2.57. The summed E-state index contributed by atoms with van der Waals surface area (Å²) in [4.78, 5) is 27.7. The number of aromatic nitrogens is 1. The van der Waals surface area contributed by atoms with Crippen LogP contribution < -0.4 is 0 Å². The maximum Gasteiger partial charge on any atom is 0.340 e. The summed E-state index contributed by atoms with van der Waals surface area (Å²) in [6.07, 6.45) is 6.25. The van der Waals surface area contributed by atoms with Crippen molar-refractivity contribution in [3.8, 4) is 0 Å². The second-order valence-corrected chi connectivity index (χ2v) is 5.45. The van der Waals surface area contributed by atoms with Crippen LogP contribution in [0.5, 0.6) is 0 Å². The molecule has 0 saturated carbocycles. The van der Waals surface area contributed by atoms with Gasteiger partial charge in [-0.2, -0.15) is 0 Å². The highest BCUT2D eigenvalue weighted by molar-refractivity contribution is 6.08. The summed E-state index contributed by atoms with van der Waals surface area (Å²) in [5.41, 5.74) is 2.59. The molecule has 4 heteroatoms. The number of aromatic amines is 1. The molecule has 0 aliphatic heterocycles. The molecule has 4 nitrogen and oxygen atoms in total. The van der Waals surface area contributed by atoms with E-state index in [1.807, 2.05) is 6.92 Å². The maximum absolute atomic E-state index is 12.4. The molecule has 21 heavy (non-hydrogen) atoms. The lowest BCUT2D eigenvalue weighted by atomic mass is 9.99. The number of unbranched alkanes of at least 4 members (excludes halogenated alkanes) is 3. The van der Waals surface area contributed by atoms with E-state index in [2.05, 4.69) is 18.8 Å². The van der Waals surface area contributed by atoms with Crippen LogP contribution in [0.2, 0.25) is 0 Å². The molecular formula is C17H27NO3. The minimum absolute atomic E-state index is 0.0420. The fourth-order valence-corrected chi connectivity index (χ4v) is 2.57. The molecule has 0 aliphatic carbocycles. The van der Waals surface area contributed by atoms with E-state index in [1.54, 1.807) is 0 Å². The van der Waals surface area contributed by atoms with Gasteiger partial charge in [0.15, 0.2) is 5.78 Å². The van der Waals surface area contributed by atoms with Gasteiger partial charge in [-0.15, -0.1) is 0 Å². The third-order valence-corrected chi connectivity index (χ3v) is 3.72. The van der Waals surface area contributed by atoms with E-state index < -0.39 is 5.97 Å². The van der Waals surface area contributed by atoms with Crippen molar-refractivity contribution in [1.29, 1.82) is 0 Å². The molecule has 0 saturated heterocycles. The smallest absolute Gasteiger partial charge is 0.340 e. The molecule has 0 spiro atoms. The second-order valence-electron chi connectivity index (χ2n) is 5.45. The Morgan fingerprint density at radius 3 is 2.29 bits per heavy atom. The van der Waals surface area contributed by atoms with Crippen LogP contribution in [0.1, 0.15) is 84.5 Å². The van der Waals surface area contributed by atoms with Crippen LogP contribution in [0.15, 0.2) is 0 Å². The van der Waals surface area contributed by atoms with Gasteiger partial charge in [0.1, 0.15) is 0 Å².